The summed E-state index contributed by atoms with van der Waals surface area (Å²) in [4.78, 5) is 22.4. The first-order valence-electron chi connectivity index (χ1n) is 8.88. The number of amides is 1. The molecule has 0 saturated carbocycles. The fraction of sp³-hybridized carbons (Fsp3) is 0.263. The number of hydrazine groups is 1. The van der Waals surface area contributed by atoms with Crippen LogP contribution in [-0.4, -0.2) is 29.7 Å². The molecule has 0 spiro atoms. The highest BCUT2D eigenvalue weighted by atomic mass is 16.6. The van der Waals surface area contributed by atoms with Crippen molar-refractivity contribution < 1.29 is 14.5 Å². The Morgan fingerprint density at radius 1 is 1.25 bits per heavy atom. The Labute approximate surface area is 161 Å². The molecule has 3 rings (SSSR count). The van der Waals surface area contributed by atoms with Crippen LogP contribution in [0, 0.1) is 10.1 Å². The van der Waals surface area contributed by atoms with Crippen molar-refractivity contribution in [3.8, 4) is 5.75 Å². The lowest BCUT2D eigenvalue weighted by Gasteiger charge is -2.10. The van der Waals surface area contributed by atoms with Crippen molar-refractivity contribution in [1.82, 2.24) is 16.3 Å². The summed E-state index contributed by atoms with van der Waals surface area (Å²) in [7, 11) is 0. The Balaban J connectivity index is 1.50. The zero-order chi connectivity index (χ0) is 19.9. The van der Waals surface area contributed by atoms with Gasteiger partial charge in [0.2, 0.25) is 0 Å². The standard InChI is InChI=1S/C19H21N5O4/c1-2-28-16-9-5-14(6-10-16)17-11-18(22-21-17)19(25)23-20-12-13-3-7-15(8-4-13)24(26)27/h3-10,12,17-18,21-22H,2,11H2,1H3,(H,23,25)/b20-12+. The van der Waals surface area contributed by atoms with Crippen LogP contribution < -0.4 is 21.0 Å². The Hall–Kier alpha value is -3.30. The van der Waals surface area contributed by atoms with Crippen LogP contribution in [0.25, 0.3) is 0 Å². The largest absolute Gasteiger partial charge is 0.494 e. The highest BCUT2D eigenvalue weighted by Crippen LogP contribution is 2.24. The van der Waals surface area contributed by atoms with E-state index in [1.54, 1.807) is 12.1 Å². The molecule has 1 heterocycles. The summed E-state index contributed by atoms with van der Waals surface area (Å²) in [6.45, 7) is 2.55. The molecule has 1 aliphatic rings. The molecular weight excluding hydrogens is 362 g/mol. The van der Waals surface area contributed by atoms with E-state index in [9.17, 15) is 14.9 Å². The molecule has 2 aromatic carbocycles. The quantitative estimate of drug-likeness (QED) is 0.383. The molecule has 0 radical (unpaired) electrons. The number of non-ortho nitro benzene ring substituents is 1. The summed E-state index contributed by atoms with van der Waals surface area (Å²) < 4.78 is 5.43. The van der Waals surface area contributed by atoms with Gasteiger partial charge in [-0.15, -0.1) is 0 Å². The molecule has 146 valence electrons. The zero-order valence-corrected chi connectivity index (χ0v) is 15.3. The van der Waals surface area contributed by atoms with E-state index in [1.807, 2.05) is 31.2 Å². The molecule has 9 heteroatoms. The highest BCUT2D eigenvalue weighted by molar-refractivity contribution is 5.85. The van der Waals surface area contributed by atoms with Crippen LogP contribution in [-0.2, 0) is 4.79 Å². The van der Waals surface area contributed by atoms with Crippen LogP contribution in [0.3, 0.4) is 0 Å². The van der Waals surface area contributed by atoms with Crippen LogP contribution in [0.4, 0.5) is 5.69 Å². The minimum atomic E-state index is -0.470. The molecule has 0 aromatic heterocycles. The third-order valence-corrected chi connectivity index (χ3v) is 4.31. The van der Waals surface area contributed by atoms with Crippen molar-refractivity contribution in [2.45, 2.75) is 25.4 Å². The van der Waals surface area contributed by atoms with Gasteiger partial charge in [0.05, 0.1) is 17.7 Å². The molecular formula is C19H21N5O4. The fourth-order valence-corrected chi connectivity index (χ4v) is 2.84. The van der Waals surface area contributed by atoms with Gasteiger partial charge in [-0.2, -0.15) is 5.10 Å². The highest BCUT2D eigenvalue weighted by Gasteiger charge is 2.30. The van der Waals surface area contributed by atoms with Crippen molar-refractivity contribution in [1.29, 1.82) is 0 Å². The minimum absolute atomic E-state index is 0.00254. The van der Waals surface area contributed by atoms with Gasteiger partial charge in [0.15, 0.2) is 0 Å². The monoisotopic (exact) mass is 383 g/mol. The van der Waals surface area contributed by atoms with Gasteiger partial charge < -0.3 is 4.74 Å². The molecule has 2 aromatic rings. The first-order chi connectivity index (χ1) is 13.6. The lowest BCUT2D eigenvalue weighted by Crippen LogP contribution is -2.41. The lowest BCUT2D eigenvalue weighted by molar-refractivity contribution is -0.384. The summed E-state index contributed by atoms with van der Waals surface area (Å²) in [5, 5.41) is 14.5. The van der Waals surface area contributed by atoms with Crippen molar-refractivity contribution in [3.05, 3.63) is 69.8 Å². The van der Waals surface area contributed by atoms with Crippen LogP contribution in [0.15, 0.2) is 53.6 Å². The van der Waals surface area contributed by atoms with Crippen molar-refractivity contribution in [2.24, 2.45) is 5.10 Å². The van der Waals surface area contributed by atoms with Gasteiger partial charge in [-0.25, -0.2) is 16.3 Å². The summed E-state index contributed by atoms with van der Waals surface area (Å²) in [6.07, 6.45) is 2.01. The van der Waals surface area contributed by atoms with Crippen molar-refractivity contribution in [3.63, 3.8) is 0 Å². The number of carbonyl (C=O) groups is 1. The molecule has 1 saturated heterocycles. The molecule has 28 heavy (non-hydrogen) atoms. The van der Waals surface area contributed by atoms with E-state index in [0.29, 0.717) is 18.6 Å². The molecule has 0 bridgehead atoms. The first kappa shape index (κ1) is 19.5. The van der Waals surface area contributed by atoms with E-state index in [0.717, 1.165) is 11.3 Å². The number of hydrazone groups is 1. The maximum absolute atomic E-state index is 12.3. The maximum Gasteiger partial charge on any atom is 0.269 e. The topological polar surface area (TPSA) is 118 Å². The predicted molar refractivity (Wildman–Crippen MR) is 104 cm³/mol. The molecule has 1 fully saturated rings. The predicted octanol–water partition coefficient (Wildman–Crippen LogP) is 2.05. The number of hydrogen-bond donors (Lipinski definition) is 3. The van der Waals surface area contributed by atoms with E-state index in [-0.39, 0.29) is 17.6 Å². The number of nitro groups is 1. The summed E-state index contributed by atoms with van der Waals surface area (Å²) in [6, 6.07) is 13.2. The normalized spacial score (nSPS) is 18.9. The number of nitrogens with one attached hydrogen (secondary N) is 3. The zero-order valence-electron chi connectivity index (χ0n) is 15.3. The average Bonchev–Trinajstić information content (AvgIpc) is 3.19. The molecule has 3 N–H and O–H groups in total. The minimum Gasteiger partial charge on any atom is -0.494 e. The second-order valence-corrected chi connectivity index (χ2v) is 6.21. The number of benzene rings is 2. The van der Waals surface area contributed by atoms with Gasteiger partial charge in [-0.3, -0.25) is 14.9 Å². The number of rotatable bonds is 7. The molecule has 2 atom stereocenters. The number of nitrogens with zero attached hydrogens (tertiary/aromatic N) is 2. The van der Waals surface area contributed by atoms with Crippen LogP contribution >= 0.6 is 0 Å². The van der Waals surface area contributed by atoms with E-state index in [1.165, 1.54) is 18.3 Å². The second-order valence-electron chi connectivity index (χ2n) is 6.21. The summed E-state index contributed by atoms with van der Waals surface area (Å²) >= 11 is 0. The Morgan fingerprint density at radius 2 is 1.96 bits per heavy atom. The number of nitro benzene ring substituents is 1. The van der Waals surface area contributed by atoms with Gasteiger partial charge in [0.25, 0.3) is 11.6 Å². The summed E-state index contributed by atoms with van der Waals surface area (Å²) in [5.41, 5.74) is 10.3. The smallest absolute Gasteiger partial charge is 0.269 e. The van der Waals surface area contributed by atoms with Gasteiger partial charge in [-0.1, -0.05) is 12.1 Å². The van der Waals surface area contributed by atoms with Crippen molar-refractivity contribution in [2.75, 3.05) is 6.61 Å². The Kier molecular flexibility index (Phi) is 6.30. The number of ether oxygens (including phenoxy) is 1. The molecule has 1 amide bonds. The SMILES string of the molecule is CCOc1ccc(C2CC(C(=O)N/N=C/c3ccc([N+](=O)[O-])cc3)NN2)cc1. The first-order valence-corrected chi connectivity index (χ1v) is 8.88. The maximum atomic E-state index is 12.3. The van der Waals surface area contributed by atoms with Crippen LogP contribution in [0.5, 0.6) is 5.75 Å². The Morgan fingerprint density at radius 3 is 2.61 bits per heavy atom. The number of carbonyl (C=O) groups excluding carboxylic acids is 1. The third-order valence-electron chi connectivity index (χ3n) is 4.31. The van der Waals surface area contributed by atoms with Crippen molar-refractivity contribution >= 4 is 17.8 Å². The summed E-state index contributed by atoms with van der Waals surface area (Å²) in [5.74, 6) is 0.547. The average molecular weight is 383 g/mol. The molecule has 2 unspecified atom stereocenters. The third kappa shape index (κ3) is 4.90. The molecule has 9 nitrogen and oxygen atoms in total. The lowest BCUT2D eigenvalue weighted by atomic mass is 10.0. The van der Waals surface area contributed by atoms with E-state index in [4.69, 9.17) is 4.74 Å². The number of hydrogen-bond acceptors (Lipinski definition) is 7. The van der Waals surface area contributed by atoms with Gasteiger partial charge in [0, 0.05) is 18.2 Å². The van der Waals surface area contributed by atoms with E-state index in [2.05, 4.69) is 21.4 Å². The fourth-order valence-electron chi connectivity index (χ4n) is 2.84. The second kappa shape index (κ2) is 9.07. The molecule has 0 aliphatic carbocycles. The van der Waals surface area contributed by atoms with Crippen LogP contribution in [0.2, 0.25) is 0 Å². The van der Waals surface area contributed by atoms with Crippen LogP contribution in [0.1, 0.15) is 30.5 Å². The van der Waals surface area contributed by atoms with Gasteiger partial charge >= 0.3 is 0 Å². The van der Waals surface area contributed by atoms with Gasteiger partial charge in [-0.05, 0) is 48.7 Å². The van der Waals surface area contributed by atoms with E-state index >= 15 is 0 Å². The van der Waals surface area contributed by atoms with E-state index < -0.39 is 11.0 Å². The molecule has 1 aliphatic heterocycles. The Bertz CT molecular complexity index is 852. The van der Waals surface area contributed by atoms with Gasteiger partial charge in [0.1, 0.15) is 11.8 Å².